The van der Waals surface area contributed by atoms with Gasteiger partial charge in [-0.15, -0.1) is 11.3 Å². The molecule has 3 rings (SSSR count). The number of amides is 1. The van der Waals surface area contributed by atoms with Gasteiger partial charge in [0.2, 0.25) is 0 Å². The number of rotatable bonds is 6. The smallest absolute Gasteiger partial charge is 0.251 e. The quantitative estimate of drug-likeness (QED) is 0.558. The van der Waals surface area contributed by atoms with Crippen LogP contribution in [0.4, 0.5) is 19.6 Å². The molecule has 2 aromatic heterocycles. The summed E-state index contributed by atoms with van der Waals surface area (Å²) in [5.74, 6) is -2.23. The van der Waals surface area contributed by atoms with E-state index in [0.29, 0.717) is 6.42 Å². The third-order valence-corrected chi connectivity index (χ3v) is 5.25. The van der Waals surface area contributed by atoms with E-state index in [4.69, 9.17) is 11.0 Å². The number of nitrogens with two attached hydrogens (primary N) is 1. The molecule has 0 fully saturated rings. The molecule has 1 aromatic carbocycles. The SMILES string of the molecule is CCC(O)c1cc(F)c(-c2cc(C(N)=O)c(Nc3cccc(C#N)n3)s2)c(F)c1. The van der Waals surface area contributed by atoms with Gasteiger partial charge in [-0.3, -0.25) is 4.79 Å². The van der Waals surface area contributed by atoms with E-state index >= 15 is 0 Å². The third kappa shape index (κ3) is 4.23. The van der Waals surface area contributed by atoms with Crippen molar-refractivity contribution >= 4 is 28.1 Å². The summed E-state index contributed by atoms with van der Waals surface area (Å²) in [7, 11) is 0. The highest BCUT2D eigenvalue weighted by molar-refractivity contribution is 7.20. The van der Waals surface area contributed by atoms with E-state index in [1.54, 1.807) is 19.1 Å². The van der Waals surface area contributed by atoms with E-state index in [9.17, 15) is 18.7 Å². The van der Waals surface area contributed by atoms with Crippen LogP contribution in [-0.2, 0) is 0 Å². The van der Waals surface area contributed by atoms with Crippen molar-refractivity contribution in [3.63, 3.8) is 0 Å². The summed E-state index contributed by atoms with van der Waals surface area (Å²) in [4.78, 5) is 16.0. The Bertz CT molecular complexity index is 1100. The molecule has 29 heavy (non-hydrogen) atoms. The number of benzene rings is 1. The maximum Gasteiger partial charge on any atom is 0.251 e. The molecule has 0 saturated heterocycles. The molecule has 1 unspecified atom stereocenters. The van der Waals surface area contributed by atoms with Crippen molar-refractivity contribution in [3.8, 4) is 16.5 Å². The summed E-state index contributed by atoms with van der Waals surface area (Å²) in [6.45, 7) is 1.69. The Hall–Kier alpha value is -3.35. The molecule has 0 radical (unpaired) electrons. The number of hydrogen-bond donors (Lipinski definition) is 3. The molecule has 0 aliphatic carbocycles. The number of pyridine rings is 1. The molecule has 9 heteroatoms. The first-order valence-electron chi connectivity index (χ1n) is 8.59. The number of thiophene rings is 1. The molecular weight excluding hydrogens is 398 g/mol. The van der Waals surface area contributed by atoms with Gasteiger partial charge in [0.1, 0.15) is 34.2 Å². The Labute approximate surface area is 169 Å². The van der Waals surface area contributed by atoms with E-state index in [2.05, 4.69) is 10.3 Å². The zero-order valence-corrected chi connectivity index (χ0v) is 16.1. The predicted molar refractivity (Wildman–Crippen MR) is 106 cm³/mol. The van der Waals surface area contributed by atoms with E-state index in [1.807, 2.05) is 6.07 Å². The second-order valence-electron chi connectivity index (χ2n) is 6.15. The number of aromatic nitrogens is 1. The van der Waals surface area contributed by atoms with Crippen LogP contribution in [0.1, 0.15) is 41.1 Å². The van der Waals surface area contributed by atoms with Gasteiger partial charge >= 0.3 is 0 Å². The molecule has 3 aromatic rings. The molecule has 1 atom stereocenters. The molecule has 6 nitrogen and oxygen atoms in total. The monoisotopic (exact) mass is 414 g/mol. The first-order chi connectivity index (χ1) is 13.8. The summed E-state index contributed by atoms with van der Waals surface area (Å²) >= 11 is 0.920. The minimum absolute atomic E-state index is 0.0330. The molecule has 0 saturated carbocycles. The van der Waals surface area contributed by atoms with Gasteiger partial charge in [0.15, 0.2) is 0 Å². The number of aliphatic hydroxyl groups is 1. The number of carbonyl (C=O) groups excluding carboxylic acids is 1. The van der Waals surface area contributed by atoms with Crippen LogP contribution in [0, 0.1) is 23.0 Å². The number of nitriles is 1. The van der Waals surface area contributed by atoms with Crippen LogP contribution in [0.2, 0.25) is 0 Å². The fourth-order valence-corrected chi connectivity index (χ4v) is 3.85. The van der Waals surface area contributed by atoms with Crippen LogP contribution in [0.3, 0.4) is 0 Å². The van der Waals surface area contributed by atoms with Gasteiger partial charge in [0.05, 0.1) is 17.2 Å². The van der Waals surface area contributed by atoms with Crippen molar-refractivity contribution in [3.05, 3.63) is 64.9 Å². The summed E-state index contributed by atoms with van der Waals surface area (Å²) in [6, 6.07) is 10.0. The topological polar surface area (TPSA) is 112 Å². The number of anilines is 2. The number of primary amides is 1. The van der Waals surface area contributed by atoms with Gasteiger partial charge in [0, 0.05) is 4.88 Å². The number of nitrogens with one attached hydrogen (secondary N) is 1. The lowest BCUT2D eigenvalue weighted by molar-refractivity contribution is 0.100. The van der Waals surface area contributed by atoms with Crippen molar-refractivity contribution in [2.24, 2.45) is 5.73 Å². The summed E-state index contributed by atoms with van der Waals surface area (Å²) in [5, 5.41) is 21.9. The van der Waals surface area contributed by atoms with Gasteiger partial charge in [-0.1, -0.05) is 13.0 Å². The first-order valence-corrected chi connectivity index (χ1v) is 9.40. The number of aliphatic hydroxyl groups excluding tert-OH is 1. The van der Waals surface area contributed by atoms with Crippen molar-refractivity contribution in [1.29, 1.82) is 5.26 Å². The lowest BCUT2D eigenvalue weighted by Crippen LogP contribution is -2.11. The van der Waals surface area contributed by atoms with Crippen LogP contribution in [0.15, 0.2) is 36.4 Å². The van der Waals surface area contributed by atoms with Crippen LogP contribution >= 0.6 is 11.3 Å². The molecular formula is C20H16F2N4O2S. The van der Waals surface area contributed by atoms with E-state index < -0.39 is 23.6 Å². The molecule has 1 amide bonds. The standard InChI is InChI=1S/C20H16F2N4O2S/c1-2-15(27)10-6-13(21)18(14(22)7-10)16-8-12(19(24)28)20(29-16)26-17-5-3-4-11(9-23)25-17/h3-8,15,27H,2H2,1H3,(H2,24,28)(H,25,26). The van der Waals surface area contributed by atoms with Crippen molar-refractivity contribution < 1.29 is 18.7 Å². The highest BCUT2D eigenvalue weighted by atomic mass is 32.1. The highest BCUT2D eigenvalue weighted by Gasteiger charge is 2.22. The number of hydrogen-bond acceptors (Lipinski definition) is 6. The van der Waals surface area contributed by atoms with Crippen molar-refractivity contribution in [1.82, 2.24) is 4.98 Å². The second-order valence-corrected chi connectivity index (χ2v) is 7.20. The third-order valence-electron chi connectivity index (χ3n) is 4.19. The Kier molecular flexibility index (Phi) is 5.87. The molecule has 0 aliphatic rings. The fourth-order valence-electron chi connectivity index (χ4n) is 2.73. The molecule has 4 N–H and O–H groups in total. The predicted octanol–water partition coefficient (Wildman–Crippen LogP) is 4.25. The van der Waals surface area contributed by atoms with Crippen LogP contribution in [0.5, 0.6) is 0 Å². The molecule has 148 valence electrons. The first kappa shape index (κ1) is 20.4. The Morgan fingerprint density at radius 3 is 2.62 bits per heavy atom. The van der Waals surface area contributed by atoms with E-state index in [-0.39, 0.29) is 38.1 Å². The normalized spacial score (nSPS) is 11.7. The van der Waals surface area contributed by atoms with Crippen molar-refractivity contribution in [2.75, 3.05) is 5.32 Å². The summed E-state index contributed by atoms with van der Waals surface area (Å²) in [6.07, 6.45) is -0.667. The van der Waals surface area contributed by atoms with Crippen molar-refractivity contribution in [2.45, 2.75) is 19.4 Å². The summed E-state index contributed by atoms with van der Waals surface area (Å²) < 4.78 is 29.3. The molecule has 0 bridgehead atoms. The van der Waals surface area contributed by atoms with Crippen LogP contribution in [-0.4, -0.2) is 16.0 Å². The minimum Gasteiger partial charge on any atom is -0.388 e. The van der Waals surface area contributed by atoms with Crippen LogP contribution < -0.4 is 11.1 Å². The van der Waals surface area contributed by atoms with Gasteiger partial charge in [-0.2, -0.15) is 5.26 Å². The minimum atomic E-state index is -0.978. The van der Waals surface area contributed by atoms with Gasteiger partial charge in [-0.05, 0) is 42.3 Å². The fraction of sp³-hybridized carbons (Fsp3) is 0.150. The maximum absolute atomic E-state index is 14.6. The summed E-state index contributed by atoms with van der Waals surface area (Å²) in [5.41, 5.74) is 5.41. The largest absolute Gasteiger partial charge is 0.388 e. The molecule has 0 aliphatic heterocycles. The Morgan fingerprint density at radius 1 is 1.34 bits per heavy atom. The highest BCUT2D eigenvalue weighted by Crippen LogP contribution is 2.39. The van der Waals surface area contributed by atoms with Crippen LogP contribution in [0.25, 0.3) is 10.4 Å². The Balaban J connectivity index is 2.05. The van der Waals surface area contributed by atoms with E-state index in [1.165, 1.54) is 12.1 Å². The molecule has 0 spiro atoms. The average molecular weight is 414 g/mol. The second kappa shape index (κ2) is 8.34. The maximum atomic E-state index is 14.6. The number of halogens is 2. The zero-order chi connectivity index (χ0) is 21.1. The van der Waals surface area contributed by atoms with Gasteiger partial charge < -0.3 is 16.2 Å². The van der Waals surface area contributed by atoms with E-state index in [0.717, 1.165) is 23.5 Å². The average Bonchev–Trinajstić information content (AvgIpc) is 3.10. The zero-order valence-electron chi connectivity index (χ0n) is 15.2. The lowest BCUT2D eigenvalue weighted by atomic mass is 10.0. The Morgan fingerprint density at radius 2 is 2.03 bits per heavy atom. The number of carbonyl (C=O) groups is 1. The lowest BCUT2D eigenvalue weighted by Gasteiger charge is -2.11. The van der Waals surface area contributed by atoms with Gasteiger partial charge in [0.25, 0.3) is 5.91 Å². The van der Waals surface area contributed by atoms with Gasteiger partial charge in [-0.25, -0.2) is 13.8 Å². The molecule has 2 heterocycles. The number of nitrogens with zero attached hydrogens (tertiary/aromatic N) is 2.